The number of nitriles is 1. The van der Waals surface area contributed by atoms with Gasteiger partial charge in [-0.25, -0.2) is 0 Å². The largest absolute Gasteiger partial charge is 0.327 e. The molecule has 0 aromatic rings. The van der Waals surface area contributed by atoms with Gasteiger partial charge in [-0.1, -0.05) is 6.58 Å². The van der Waals surface area contributed by atoms with Gasteiger partial charge in [0.1, 0.15) is 0 Å². The van der Waals surface area contributed by atoms with Crippen LogP contribution in [-0.2, 0) is 4.79 Å². The van der Waals surface area contributed by atoms with Crippen molar-refractivity contribution < 1.29 is 4.79 Å². The lowest BCUT2D eigenvalue weighted by Crippen LogP contribution is -2.52. The Balaban J connectivity index is 2.36. The number of carbonyl (C=O) groups is 1. The van der Waals surface area contributed by atoms with Gasteiger partial charge in [-0.3, -0.25) is 9.69 Å². The van der Waals surface area contributed by atoms with Gasteiger partial charge >= 0.3 is 0 Å². The molecule has 13 heavy (non-hydrogen) atoms. The van der Waals surface area contributed by atoms with E-state index in [1.807, 2.05) is 11.9 Å². The van der Waals surface area contributed by atoms with Crippen LogP contribution >= 0.6 is 0 Å². The molecule has 0 aliphatic carbocycles. The predicted molar refractivity (Wildman–Crippen MR) is 46.3 cm³/mol. The molecular weight excluding hydrogens is 166 g/mol. The van der Waals surface area contributed by atoms with E-state index < -0.39 is 0 Å². The van der Waals surface area contributed by atoms with Crippen molar-refractivity contribution in [3.63, 3.8) is 0 Å². The molecule has 4 nitrogen and oxygen atoms in total. The molecule has 2 fully saturated rings. The molecule has 0 radical (unpaired) electrons. The molecule has 1 amide bonds. The highest BCUT2D eigenvalue weighted by atomic mass is 16.2. The van der Waals surface area contributed by atoms with Crippen molar-refractivity contribution in [3.8, 4) is 6.07 Å². The zero-order valence-corrected chi connectivity index (χ0v) is 7.45. The molecular formula is C9H11N3O. The van der Waals surface area contributed by atoms with E-state index >= 15 is 0 Å². The predicted octanol–water partition coefficient (Wildman–Crippen LogP) is -0.158. The minimum atomic E-state index is -0.139. The first kappa shape index (κ1) is 8.27. The van der Waals surface area contributed by atoms with E-state index in [-0.39, 0.29) is 23.9 Å². The van der Waals surface area contributed by atoms with E-state index in [1.165, 1.54) is 0 Å². The summed E-state index contributed by atoms with van der Waals surface area (Å²) < 4.78 is 0. The third kappa shape index (κ3) is 0.973. The van der Waals surface area contributed by atoms with Gasteiger partial charge in [0, 0.05) is 5.70 Å². The molecule has 2 aliphatic heterocycles. The van der Waals surface area contributed by atoms with Crippen LogP contribution < -0.4 is 5.32 Å². The minimum absolute atomic E-state index is 0.00713. The number of rotatable bonds is 0. The first-order chi connectivity index (χ1) is 6.15. The smallest absolute Gasteiger partial charge is 0.241 e. The van der Waals surface area contributed by atoms with Crippen LogP contribution in [0, 0.1) is 17.2 Å². The summed E-state index contributed by atoms with van der Waals surface area (Å²) in [7, 11) is 1.87. The molecule has 2 aliphatic rings. The van der Waals surface area contributed by atoms with Crippen molar-refractivity contribution in [3.05, 3.63) is 12.3 Å². The molecule has 3 atom stereocenters. The second kappa shape index (κ2) is 2.57. The number of piperazine rings is 1. The number of nitrogens with zero attached hydrogens (tertiary/aromatic N) is 2. The van der Waals surface area contributed by atoms with Gasteiger partial charge in [-0.15, -0.1) is 0 Å². The topological polar surface area (TPSA) is 56.1 Å². The molecule has 4 heteroatoms. The van der Waals surface area contributed by atoms with Crippen molar-refractivity contribution in [2.75, 3.05) is 7.05 Å². The Kier molecular flexibility index (Phi) is 1.64. The average Bonchev–Trinajstić information content (AvgIpc) is 2.34. The molecule has 0 aromatic heterocycles. The summed E-state index contributed by atoms with van der Waals surface area (Å²) in [5.41, 5.74) is 0.660. The Morgan fingerprint density at radius 1 is 1.77 bits per heavy atom. The highest BCUT2D eigenvalue weighted by Gasteiger charge is 2.47. The summed E-state index contributed by atoms with van der Waals surface area (Å²) in [5, 5.41) is 11.6. The Labute approximate surface area is 76.8 Å². The van der Waals surface area contributed by atoms with Crippen LogP contribution in [0.15, 0.2) is 12.3 Å². The van der Waals surface area contributed by atoms with Crippen LogP contribution in [0.2, 0.25) is 0 Å². The quantitative estimate of drug-likeness (QED) is 0.559. The summed E-state index contributed by atoms with van der Waals surface area (Å²) in [6.45, 7) is 3.77. The highest BCUT2D eigenvalue weighted by molar-refractivity contribution is 5.85. The molecule has 0 saturated carbocycles. The van der Waals surface area contributed by atoms with Gasteiger partial charge in [-0.2, -0.15) is 5.26 Å². The normalized spacial score (nSPS) is 38.6. The van der Waals surface area contributed by atoms with E-state index in [0.717, 1.165) is 0 Å². The second-order valence-electron chi connectivity index (χ2n) is 3.61. The fourth-order valence-corrected chi connectivity index (χ4v) is 2.23. The molecule has 1 N–H and O–H groups in total. The van der Waals surface area contributed by atoms with Crippen molar-refractivity contribution >= 4 is 5.91 Å². The molecule has 2 saturated heterocycles. The molecule has 2 bridgehead atoms. The van der Waals surface area contributed by atoms with Crippen molar-refractivity contribution in [1.29, 1.82) is 5.26 Å². The molecule has 2 heterocycles. The van der Waals surface area contributed by atoms with Crippen LogP contribution in [0.5, 0.6) is 0 Å². The maximum absolute atomic E-state index is 11.4. The lowest BCUT2D eigenvalue weighted by molar-refractivity contribution is -0.126. The van der Waals surface area contributed by atoms with Crippen molar-refractivity contribution in [2.45, 2.75) is 18.5 Å². The number of fused-ring (bicyclic) bond motifs is 2. The van der Waals surface area contributed by atoms with Gasteiger partial charge in [0.05, 0.1) is 24.1 Å². The summed E-state index contributed by atoms with van der Waals surface area (Å²) in [6.07, 6.45) is 0.628. The van der Waals surface area contributed by atoms with Crippen LogP contribution in [0.4, 0.5) is 0 Å². The lowest BCUT2D eigenvalue weighted by Gasteiger charge is -2.32. The van der Waals surface area contributed by atoms with E-state index in [0.29, 0.717) is 12.1 Å². The molecule has 68 valence electrons. The monoisotopic (exact) mass is 177 g/mol. The SMILES string of the molecule is C=C1NC(=O)[C@@H]2C[C@H](C#N)[C@H]1N2C. The Hall–Kier alpha value is -1.34. The first-order valence-corrected chi connectivity index (χ1v) is 4.26. The fourth-order valence-electron chi connectivity index (χ4n) is 2.23. The zero-order valence-electron chi connectivity index (χ0n) is 7.45. The van der Waals surface area contributed by atoms with Gasteiger partial charge in [-0.05, 0) is 13.5 Å². The van der Waals surface area contributed by atoms with E-state index in [9.17, 15) is 4.79 Å². The van der Waals surface area contributed by atoms with Crippen LogP contribution in [0.1, 0.15) is 6.42 Å². The first-order valence-electron chi connectivity index (χ1n) is 4.26. The summed E-state index contributed by atoms with van der Waals surface area (Å²) in [5.74, 6) is -0.122. The third-order valence-electron chi connectivity index (χ3n) is 2.90. The highest BCUT2D eigenvalue weighted by Crippen LogP contribution is 2.34. The summed E-state index contributed by atoms with van der Waals surface area (Å²) in [6, 6.07) is 2.09. The minimum Gasteiger partial charge on any atom is -0.327 e. The average molecular weight is 177 g/mol. The molecule has 0 unspecified atom stereocenters. The molecule has 2 rings (SSSR count). The number of carbonyl (C=O) groups excluding carboxylic acids is 1. The standard InChI is InChI=1S/C9H11N3O/c1-5-8-6(4-10)3-7(12(8)2)9(13)11-5/h6-8H,1,3H2,2H3,(H,11,13)/t6-,7+,8+/m1/s1. The number of nitrogens with one attached hydrogen (secondary N) is 1. The van der Waals surface area contributed by atoms with Crippen LogP contribution in [0.25, 0.3) is 0 Å². The Morgan fingerprint density at radius 3 is 3.08 bits per heavy atom. The maximum atomic E-state index is 11.4. The van der Waals surface area contributed by atoms with Gasteiger partial charge in [0.2, 0.25) is 5.91 Å². The number of hydrogen-bond donors (Lipinski definition) is 1. The lowest BCUT2D eigenvalue weighted by atomic mass is 10.0. The van der Waals surface area contributed by atoms with E-state index in [1.54, 1.807) is 0 Å². The van der Waals surface area contributed by atoms with Crippen LogP contribution in [0.3, 0.4) is 0 Å². The molecule has 0 spiro atoms. The Bertz CT molecular complexity index is 317. The molecule has 0 aromatic carbocycles. The number of likely N-dealkylation sites (N-methyl/N-ethyl adjacent to an activating group) is 1. The summed E-state index contributed by atoms with van der Waals surface area (Å²) in [4.78, 5) is 13.4. The zero-order chi connectivity index (χ0) is 9.59. The van der Waals surface area contributed by atoms with Gasteiger partial charge < -0.3 is 5.32 Å². The van der Waals surface area contributed by atoms with Gasteiger partial charge in [0.25, 0.3) is 0 Å². The van der Waals surface area contributed by atoms with E-state index in [4.69, 9.17) is 5.26 Å². The summed E-state index contributed by atoms with van der Waals surface area (Å²) >= 11 is 0. The van der Waals surface area contributed by atoms with Crippen molar-refractivity contribution in [2.24, 2.45) is 5.92 Å². The number of amides is 1. The van der Waals surface area contributed by atoms with E-state index in [2.05, 4.69) is 18.0 Å². The Morgan fingerprint density at radius 2 is 2.46 bits per heavy atom. The second-order valence-corrected chi connectivity index (χ2v) is 3.61. The van der Waals surface area contributed by atoms with Gasteiger partial charge in [0.15, 0.2) is 0 Å². The van der Waals surface area contributed by atoms with Crippen molar-refractivity contribution in [1.82, 2.24) is 10.2 Å². The third-order valence-corrected chi connectivity index (χ3v) is 2.90. The fraction of sp³-hybridized carbons (Fsp3) is 0.556. The number of hydrogen-bond acceptors (Lipinski definition) is 3. The maximum Gasteiger partial charge on any atom is 0.241 e. The van der Waals surface area contributed by atoms with Crippen LogP contribution in [-0.4, -0.2) is 29.9 Å².